The van der Waals surface area contributed by atoms with Crippen molar-refractivity contribution in [3.05, 3.63) is 29.6 Å². The molecule has 0 spiro atoms. The van der Waals surface area contributed by atoms with Crippen LogP contribution >= 0.6 is 0 Å². The van der Waals surface area contributed by atoms with Crippen LogP contribution in [0.4, 0.5) is 0 Å². The van der Waals surface area contributed by atoms with Crippen LogP contribution in [0.15, 0.2) is 18.3 Å². The van der Waals surface area contributed by atoms with Crippen LogP contribution < -0.4 is 0 Å². The van der Waals surface area contributed by atoms with Gasteiger partial charge in [0.05, 0.1) is 19.3 Å². The van der Waals surface area contributed by atoms with Crippen molar-refractivity contribution in [2.24, 2.45) is 0 Å². The molecule has 0 radical (unpaired) electrons. The van der Waals surface area contributed by atoms with Crippen molar-refractivity contribution in [3.8, 4) is 0 Å². The molecular formula is C14H23NO3. The third-order valence-corrected chi connectivity index (χ3v) is 2.77. The molecule has 102 valence electrons. The van der Waals surface area contributed by atoms with Gasteiger partial charge in [-0.1, -0.05) is 13.0 Å². The number of hydrogen-bond donors (Lipinski definition) is 1. The van der Waals surface area contributed by atoms with Crippen LogP contribution in [0.25, 0.3) is 0 Å². The highest BCUT2D eigenvalue weighted by Crippen LogP contribution is 2.06. The van der Waals surface area contributed by atoms with Crippen LogP contribution in [0.1, 0.15) is 24.6 Å². The molecule has 1 aromatic rings. The lowest BCUT2D eigenvalue weighted by molar-refractivity contribution is 0.0477. The number of rotatable bonds is 9. The van der Waals surface area contributed by atoms with Gasteiger partial charge in [0.1, 0.15) is 0 Å². The normalized spacial score (nSPS) is 12.6. The first-order valence-electron chi connectivity index (χ1n) is 6.44. The Bertz CT molecular complexity index is 313. The molecule has 0 fully saturated rings. The number of nitrogens with zero attached hydrogens (tertiary/aromatic N) is 1. The molecule has 0 bridgehead atoms. The molecule has 0 saturated heterocycles. The van der Waals surface area contributed by atoms with Gasteiger partial charge < -0.3 is 14.6 Å². The third kappa shape index (κ3) is 6.10. The second-order valence-electron chi connectivity index (χ2n) is 4.26. The minimum absolute atomic E-state index is 0.396. The molecule has 1 aromatic heterocycles. The van der Waals surface area contributed by atoms with E-state index < -0.39 is 6.10 Å². The van der Waals surface area contributed by atoms with E-state index in [1.165, 1.54) is 5.56 Å². The zero-order valence-electron chi connectivity index (χ0n) is 11.3. The van der Waals surface area contributed by atoms with Crippen LogP contribution in [0.5, 0.6) is 0 Å². The van der Waals surface area contributed by atoms with E-state index in [0.29, 0.717) is 32.7 Å². The van der Waals surface area contributed by atoms with E-state index in [-0.39, 0.29) is 0 Å². The molecule has 18 heavy (non-hydrogen) atoms. The van der Waals surface area contributed by atoms with Gasteiger partial charge >= 0.3 is 0 Å². The number of aliphatic hydroxyl groups is 1. The predicted octanol–water partition coefficient (Wildman–Crippen LogP) is 1.60. The highest BCUT2D eigenvalue weighted by Gasteiger charge is 2.06. The first-order chi connectivity index (χ1) is 8.76. The predicted molar refractivity (Wildman–Crippen MR) is 70.6 cm³/mol. The number of aliphatic hydroxyl groups excluding tert-OH is 1. The summed E-state index contributed by atoms with van der Waals surface area (Å²) in [6, 6.07) is 4.04. The maximum atomic E-state index is 9.83. The summed E-state index contributed by atoms with van der Waals surface area (Å²) in [4.78, 5) is 4.33. The standard InChI is InChI=1S/C14H23NO3/c1-3-12-4-5-13(15-11-12)10-14(16)6-7-18-9-8-17-2/h4-5,11,14,16H,3,6-10H2,1-2H3. The number of aromatic nitrogens is 1. The Hall–Kier alpha value is -0.970. The van der Waals surface area contributed by atoms with Gasteiger partial charge in [0.15, 0.2) is 0 Å². The summed E-state index contributed by atoms with van der Waals surface area (Å²) in [5.41, 5.74) is 2.15. The van der Waals surface area contributed by atoms with E-state index in [1.54, 1.807) is 7.11 Å². The van der Waals surface area contributed by atoms with E-state index in [9.17, 15) is 5.11 Å². The molecule has 1 unspecified atom stereocenters. The molecule has 1 atom stereocenters. The second-order valence-corrected chi connectivity index (χ2v) is 4.26. The third-order valence-electron chi connectivity index (χ3n) is 2.77. The van der Waals surface area contributed by atoms with Crippen molar-refractivity contribution in [1.29, 1.82) is 0 Å². The molecule has 0 amide bonds. The Morgan fingerprint density at radius 3 is 2.72 bits per heavy atom. The first kappa shape index (κ1) is 15.1. The number of ether oxygens (including phenoxy) is 2. The monoisotopic (exact) mass is 253 g/mol. The van der Waals surface area contributed by atoms with Gasteiger partial charge in [0.25, 0.3) is 0 Å². The van der Waals surface area contributed by atoms with Crippen LogP contribution in [0, 0.1) is 0 Å². The summed E-state index contributed by atoms with van der Waals surface area (Å²) in [5, 5.41) is 9.83. The fraction of sp³-hybridized carbons (Fsp3) is 0.643. The minimum atomic E-state index is -0.396. The molecule has 0 aliphatic heterocycles. The van der Waals surface area contributed by atoms with Crippen LogP contribution in [0.2, 0.25) is 0 Å². The van der Waals surface area contributed by atoms with Gasteiger partial charge in [-0.05, 0) is 24.5 Å². The number of pyridine rings is 1. The number of aryl methyl sites for hydroxylation is 1. The van der Waals surface area contributed by atoms with E-state index in [1.807, 2.05) is 12.3 Å². The smallest absolute Gasteiger partial charge is 0.0700 e. The topological polar surface area (TPSA) is 51.6 Å². The second kappa shape index (κ2) is 9.03. The summed E-state index contributed by atoms with van der Waals surface area (Å²) >= 11 is 0. The summed E-state index contributed by atoms with van der Waals surface area (Å²) in [7, 11) is 1.64. The summed E-state index contributed by atoms with van der Waals surface area (Å²) in [6.45, 7) is 3.82. The maximum absolute atomic E-state index is 9.83. The lowest BCUT2D eigenvalue weighted by atomic mass is 10.1. The molecule has 4 nitrogen and oxygen atoms in total. The van der Waals surface area contributed by atoms with Gasteiger partial charge in [0.2, 0.25) is 0 Å². The minimum Gasteiger partial charge on any atom is -0.393 e. The zero-order valence-corrected chi connectivity index (χ0v) is 11.3. The fourth-order valence-corrected chi connectivity index (χ4v) is 1.59. The Morgan fingerprint density at radius 1 is 1.28 bits per heavy atom. The van der Waals surface area contributed by atoms with Crippen LogP contribution in [0.3, 0.4) is 0 Å². The molecule has 0 saturated carbocycles. The van der Waals surface area contributed by atoms with E-state index in [0.717, 1.165) is 12.1 Å². The van der Waals surface area contributed by atoms with Gasteiger partial charge in [-0.15, -0.1) is 0 Å². The molecule has 0 aliphatic rings. The Labute approximate surface area is 109 Å². The maximum Gasteiger partial charge on any atom is 0.0700 e. The Kier molecular flexibility index (Phi) is 7.57. The molecule has 1 heterocycles. The van der Waals surface area contributed by atoms with Crippen molar-refractivity contribution < 1.29 is 14.6 Å². The summed E-state index contributed by atoms with van der Waals surface area (Å²) in [6.07, 6.45) is 3.67. The van der Waals surface area contributed by atoms with Crippen LogP contribution in [-0.2, 0) is 22.3 Å². The first-order valence-corrected chi connectivity index (χ1v) is 6.44. The average molecular weight is 253 g/mol. The lowest BCUT2D eigenvalue weighted by Gasteiger charge is -2.10. The molecular weight excluding hydrogens is 230 g/mol. The largest absolute Gasteiger partial charge is 0.393 e. The van der Waals surface area contributed by atoms with Gasteiger partial charge in [0, 0.05) is 32.0 Å². The van der Waals surface area contributed by atoms with Crippen molar-refractivity contribution in [1.82, 2.24) is 4.98 Å². The SMILES string of the molecule is CCc1ccc(CC(O)CCOCCOC)nc1. The molecule has 0 aromatic carbocycles. The lowest BCUT2D eigenvalue weighted by Crippen LogP contribution is -2.15. The van der Waals surface area contributed by atoms with Crippen molar-refractivity contribution in [3.63, 3.8) is 0 Å². The van der Waals surface area contributed by atoms with Gasteiger partial charge in [-0.25, -0.2) is 0 Å². The Balaban J connectivity index is 2.20. The number of hydrogen-bond acceptors (Lipinski definition) is 4. The number of methoxy groups -OCH3 is 1. The van der Waals surface area contributed by atoms with Gasteiger partial charge in [-0.2, -0.15) is 0 Å². The van der Waals surface area contributed by atoms with Crippen molar-refractivity contribution in [2.45, 2.75) is 32.3 Å². The summed E-state index contributed by atoms with van der Waals surface area (Å²) < 4.78 is 10.2. The highest BCUT2D eigenvalue weighted by atomic mass is 16.5. The summed E-state index contributed by atoms with van der Waals surface area (Å²) in [5.74, 6) is 0. The average Bonchev–Trinajstić information content (AvgIpc) is 2.39. The van der Waals surface area contributed by atoms with Crippen LogP contribution in [-0.4, -0.2) is 43.1 Å². The van der Waals surface area contributed by atoms with E-state index in [2.05, 4.69) is 18.0 Å². The van der Waals surface area contributed by atoms with Gasteiger partial charge in [-0.3, -0.25) is 4.98 Å². The quantitative estimate of drug-likeness (QED) is 0.679. The van der Waals surface area contributed by atoms with Crippen molar-refractivity contribution >= 4 is 0 Å². The van der Waals surface area contributed by atoms with E-state index in [4.69, 9.17) is 9.47 Å². The fourth-order valence-electron chi connectivity index (χ4n) is 1.59. The molecule has 1 rings (SSSR count). The Morgan fingerprint density at radius 2 is 2.11 bits per heavy atom. The van der Waals surface area contributed by atoms with E-state index >= 15 is 0 Å². The molecule has 1 N–H and O–H groups in total. The highest BCUT2D eigenvalue weighted by molar-refractivity contribution is 5.14. The molecule has 0 aliphatic carbocycles. The zero-order chi connectivity index (χ0) is 13.2. The van der Waals surface area contributed by atoms with Crippen molar-refractivity contribution in [2.75, 3.05) is 26.9 Å². The molecule has 4 heteroatoms.